The van der Waals surface area contributed by atoms with E-state index in [9.17, 15) is 26.4 Å². The molecule has 7 nitrogen and oxygen atoms in total. The number of benzene rings is 2. The van der Waals surface area contributed by atoms with Gasteiger partial charge in [-0.25, -0.2) is 8.42 Å². The summed E-state index contributed by atoms with van der Waals surface area (Å²) >= 11 is 0. The second kappa shape index (κ2) is 10.4. The van der Waals surface area contributed by atoms with Gasteiger partial charge in [-0.2, -0.15) is 18.3 Å². The number of sulfone groups is 1. The number of ether oxygens (including phenoxy) is 2. The quantitative estimate of drug-likeness (QED) is 0.353. The monoisotopic (exact) mass is 564 g/mol. The van der Waals surface area contributed by atoms with Crippen molar-refractivity contribution in [2.45, 2.75) is 67.5 Å². The van der Waals surface area contributed by atoms with E-state index < -0.39 is 43.8 Å². The first kappa shape index (κ1) is 28.8. The molecule has 2 heterocycles. The molecule has 4 rings (SSSR count). The topological polar surface area (TPSA) is 87.5 Å². The van der Waals surface area contributed by atoms with Crippen LogP contribution in [0.25, 0.3) is 0 Å². The molecule has 0 aliphatic carbocycles. The molecule has 1 aliphatic heterocycles. The van der Waals surface area contributed by atoms with Crippen LogP contribution in [0.1, 0.15) is 62.2 Å². The highest BCUT2D eigenvalue weighted by molar-refractivity contribution is 7.92. The number of nitrogens with zero attached hydrogens (tertiary/aromatic N) is 2. The lowest BCUT2D eigenvalue weighted by molar-refractivity contribution is -0.146. The van der Waals surface area contributed by atoms with Crippen LogP contribution in [0.3, 0.4) is 0 Å². The lowest BCUT2D eigenvalue weighted by Gasteiger charge is -2.37. The number of rotatable bonds is 7. The highest BCUT2D eigenvalue weighted by atomic mass is 32.2. The van der Waals surface area contributed by atoms with Crippen molar-refractivity contribution in [3.8, 4) is 0 Å². The van der Waals surface area contributed by atoms with Gasteiger partial charge in [-0.3, -0.25) is 9.48 Å². The van der Waals surface area contributed by atoms with E-state index in [1.165, 1.54) is 20.1 Å². The minimum atomic E-state index is -4.67. The molecule has 1 saturated heterocycles. The first-order valence-electron chi connectivity index (χ1n) is 12.4. The largest absolute Gasteiger partial charge is 0.468 e. The zero-order valence-corrected chi connectivity index (χ0v) is 23.0. The molecule has 0 radical (unpaired) electrons. The highest BCUT2D eigenvalue weighted by Gasteiger charge is 2.47. The number of carbonyl (C=O) groups is 1. The molecule has 2 aromatic carbocycles. The van der Waals surface area contributed by atoms with Crippen LogP contribution in [0, 0.1) is 0 Å². The van der Waals surface area contributed by atoms with E-state index in [1.54, 1.807) is 24.6 Å². The van der Waals surface area contributed by atoms with Gasteiger partial charge in [0.05, 0.1) is 40.2 Å². The Hall–Kier alpha value is -3.18. The Balaban J connectivity index is 1.74. The lowest BCUT2D eigenvalue weighted by Crippen LogP contribution is -2.42. The number of alkyl halides is 3. The van der Waals surface area contributed by atoms with Gasteiger partial charge in [-0.05, 0) is 63.4 Å². The van der Waals surface area contributed by atoms with Crippen molar-refractivity contribution in [2.24, 2.45) is 0 Å². The molecule has 1 fully saturated rings. The van der Waals surface area contributed by atoms with Crippen LogP contribution in [-0.2, 0) is 42.2 Å². The van der Waals surface area contributed by atoms with Crippen molar-refractivity contribution in [3.63, 3.8) is 0 Å². The molecule has 11 heteroatoms. The summed E-state index contributed by atoms with van der Waals surface area (Å²) in [6.45, 7) is 5.31. The van der Waals surface area contributed by atoms with Crippen LogP contribution in [0.15, 0.2) is 65.6 Å². The third kappa shape index (κ3) is 5.60. The molecule has 3 aromatic rings. The van der Waals surface area contributed by atoms with Crippen LogP contribution in [0.5, 0.6) is 0 Å². The highest BCUT2D eigenvalue weighted by Crippen LogP contribution is 2.43. The van der Waals surface area contributed by atoms with Gasteiger partial charge in [0.25, 0.3) is 0 Å². The van der Waals surface area contributed by atoms with Crippen molar-refractivity contribution < 1.29 is 35.9 Å². The molecule has 0 saturated carbocycles. The summed E-state index contributed by atoms with van der Waals surface area (Å²) in [5.74, 6) is -0.486. The van der Waals surface area contributed by atoms with Crippen molar-refractivity contribution >= 4 is 15.8 Å². The van der Waals surface area contributed by atoms with Crippen molar-refractivity contribution in [1.82, 2.24) is 9.78 Å². The van der Waals surface area contributed by atoms with E-state index in [0.717, 1.165) is 17.7 Å². The maximum absolute atomic E-state index is 13.7. The van der Waals surface area contributed by atoms with E-state index in [1.807, 2.05) is 30.3 Å². The van der Waals surface area contributed by atoms with E-state index in [2.05, 4.69) is 5.10 Å². The zero-order chi connectivity index (χ0) is 28.6. The summed E-state index contributed by atoms with van der Waals surface area (Å²) in [4.78, 5) is 12.1. The maximum atomic E-state index is 13.7. The zero-order valence-electron chi connectivity index (χ0n) is 22.2. The average Bonchev–Trinajstić information content (AvgIpc) is 3.33. The molecule has 39 heavy (non-hydrogen) atoms. The number of hydrogen-bond acceptors (Lipinski definition) is 6. The van der Waals surface area contributed by atoms with Crippen LogP contribution in [0.2, 0.25) is 0 Å². The van der Waals surface area contributed by atoms with E-state index >= 15 is 0 Å². The van der Waals surface area contributed by atoms with E-state index in [4.69, 9.17) is 9.47 Å². The van der Waals surface area contributed by atoms with Gasteiger partial charge in [0.15, 0.2) is 9.84 Å². The van der Waals surface area contributed by atoms with Crippen molar-refractivity contribution in [3.05, 3.63) is 83.2 Å². The Kier molecular flexibility index (Phi) is 7.70. The summed E-state index contributed by atoms with van der Waals surface area (Å²) in [5, 5.41) is 4.69. The second-order valence-electron chi connectivity index (χ2n) is 10.5. The first-order valence-corrected chi connectivity index (χ1v) is 13.9. The Morgan fingerprint density at radius 2 is 1.82 bits per heavy atom. The molecule has 210 valence electrons. The molecule has 0 amide bonds. The first-order chi connectivity index (χ1) is 18.2. The molecule has 2 atom stereocenters. The average molecular weight is 565 g/mol. The molecular formula is C28H31F3N2O5S. The molecule has 1 aromatic heterocycles. The number of aromatic nitrogens is 2. The van der Waals surface area contributed by atoms with Gasteiger partial charge >= 0.3 is 12.1 Å². The molecular weight excluding hydrogens is 533 g/mol. The van der Waals surface area contributed by atoms with Crippen molar-refractivity contribution in [1.29, 1.82) is 0 Å². The Bertz CT molecular complexity index is 1450. The van der Waals surface area contributed by atoms with Gasteiger partial charge in [-0.15, -0.1) is 0 Å². The molecule has 0 N–H and O–H groups in total. The minimum absolute atomic E-state index is 0.00977. The van der Waals surface area contributed by atoms with Crippen LogP contribution in [-0.4, -0.2) is 42.6 Å². The van der Waals surface area contributed by atoms with Gasteiger partial charge in [0.2, 0.25) is 0 Å². The summed E-state index contributed by atoms with van der Waals surface area (Å²) in [5.41, 5.74) is -0.188. The summed E-state index contributed by atoms with van der Waals surface area (Å²) in [6.07, 6.45) is -5.31. The fourth-order valence-corrected chi connectivity index (χ4v) is 6.60. The fraction of sp³-hybridized carbons (Fsp3) is 0.429. The normalized spacial score (nSPS) is 20.5. The third-order valence-corrected chi connectivity index (χ3v) is 9.88. The van der Waals surface area contributed by atoms with E-state index in [0.29, 0.717) is 24.0 Å². The van der Waals surface area contributed by atoms with Crippen LogP contribution < -0.4 is 0 Å². The second-order valence-corrected chi connectivity index (χ2v) is 13.0. The van der Waals surface area contributed by atoms with Crippen LogP contribution >= 0.6 is 0 Å². The molecule has 1 aliphatic rings. The molecule has 0 spiro atoms. The SMILES string of the molecule is COC(=O)C(C)(C)c1cc(C2CC(C)(S(=O)(=O)c3cccc(C(F)(F)F)c3)CCO2)n(Cc2ccccc2)n1. The van der Waals surface area contributed by atoms with Gasteiger partial charge < -0.3 is 9.47 Å². The third-order valence-electron chi connectivity index (χ3n) is 7.34. The summed E-state index contributed by atoms with van der Waals surface area (Å²) in [7, 11) is -2.89. The summed E-state index contributed by atoms with van der Waals surface area (Å²) in [6, 6.07) is 15.0. The van der Waals surface area contributed by atoms with Gasteiger partial charge in [-0.1, -0.05) is 36.4 Å². The smallest absolute Gasteiger partial charge is 0.416 e. The van der Waals surface area contributed by atoms with Gasteiger partial charge in [0, 0.05) is 6.61 Å². The number of carbonyl (C=O) groups excluding carboxylic acids is 1. The van der Waals surface area contributed by atoms with Gasteiger partial charge in [0.1, 0.15) is 11.5 Å². The van der Waals surface area contributed by atoms with Crippen LogP contribution in [0.4, 0.5) is 13.2 Å². The minimum Gasteiger partial charge on any atom is -0.468 e. The molecule has 0 bridgehead atoms. The number of esters is 1. The maximum Gasteiger partial charge on any atom is 0.416 e. The lowest BCUT2D eigenvalue weighted by atomic mass is 9.88. The Morgan fingerprint density at radius 3 is 2.46 bits per heavy atom. The predicted octanol–water partition coefficient (Wildman–Crippen LogP) is 5.48. The standard InChI is InChI=1S/C28H31F3N2O5S/c1-26(2,25(34)37-4)24-16-22(33(32-24)18-19-9-6-5-7-10-19)23-17-27(3,13-14-38-23)39(35,36)21-12-8-11-20(15-21)28(29,30)31/h5-12,15-16,23H,13-14,17-18H2,1-4H3. The summed E-state index contributed by atoms with van der Waals surface area (Å²) < 4.78 is 78.7. The fourth-order valence-electron chi connectivity index (χ4n) is 4.77. The predicted molar refractivity (Wildman–Crippen MR) is 138 cm³/mol. The number of halogens is 3. The van der Waals surface area contributed by atoms with E-state index in [-0.39, 0.29) is 24.3 Å². The number of hydrogen-bond donors (Lipinski definition) is 0. The number of methoxy groups -OCH3 is 1. The Morgan fingerprint density at radius 1 is 1.13 bits per heavy atom. The van der Waals surface area contributed by atoms with Crippen molar-refractivity contribution in [2.75, 3.05) is 13.7 Å². The Labute approximate surface area is 225 Å². The molecule has 2 unspecified atom stereocenters.